The number of rotatable bonds is 1. The lowest BCUT2D eigenvalue weighted by Gasteiger charge is -2.25. The maximum absolute atomic E-state index is 11.6. The number of anilines is 1. The van der Waals surface area contributed by atoms with E-state index in [2.05, 4.69) is 5.32 Å². The zero-order valence-corrected chi connectivity index (χ0v) is 9.68. The van der Waals surface area contributed by atoms with Crippen LogP contribution in [0.5, 0.6) is 0 Å². The summed E-state index contributed by atoms with van der Waals surface area (Å²) >= 11 is 11.6. The van der Waals surface area contributed by atoms with Crippen LogP contribution in [-0.2, 0) is 9.59 Å². The van der Waals surface area contributed by atoms with Gasteiger partial charge in [0.2, 0.25) is 11.8 Å². The Kier molecular flexibility index (Phi) is 3.14. The van der Waals surface area contributed by atoms with E-state index in [1.807, 2.05) is 0 Å². The Hall–Kier alpha value is -1.10. The summed E-state index contributed by atoms with van der Waals surface area (Å²) in [5.74, 6) is -0.621. The second-order valence-electron chi connectivity index (χ2n) is 3.35. The highest BCUT2D eigenvalue weighted by Crippen LogP contribution is 2.26. The molecule has 2 amide bonds. The van der Waals surface area contributed by atoms with E-state index in [1.54, 1.807) is 6.07 Å². The third-order valence-corrected chi connectivity index (χ3v) is 2.59. The lowest BCUT2D eigenvalue weighted by Crippen LogP contribution is -2.52. The number of amides is 2. The number of halogens is 2. The standard InChI is InChI=1S/C10H8Cl2N2O2/c11-6-1-7(12)3-8(2-6)14-9(15)4-13-5-10(14)16/h1-3,13H,4-5H2. The second-order valence-corrected chi connectivity index (χ2v) is 4.23. The molecule has 4 nitrogen and oxygen atoms in total. The summed E-state index contributed by atoms with van der Waals surface area (Å²) in [5, 5.41) is 3.49. The lowest BCUT2D eigenvalue weighted by molar-refractivity contribution is -0.127. The van der Waals surface area contributed by atoms with Gasteiger partial charge in [0.05, 0.1) is 18.8 Å². The Balaban J connectivity index is 2.41. The summed E-state index contributed by atoms with van der Waals surface area (Å²) in [6, 6.07) is 4.62. The minimum Gasteiger partial charge on any atom is -0.300 e. The van der Waals surface area contributed by atoms with E-state index >= 15 is 0 Å². The highest BCUT2D eigenvalue weighted by atomic mass is 35.5. The lowest BCUT2D eigenvalue weighted by atomic mass is 10.2. The normalized spacial score (nSPS) is 16.8. The minimum absolute atomic E-state index is 0.135. The van der Waals surface area contributed by atoms with Gasteiger partial charge in [0.1, 0.15) is 0 Å². The number of carbonyl (C=O) groups is 2. The summed E-state index contributed by atoms with van der Waals surface area (Å²) in [6.45, 7) is 0.270. The number of nitrogens with zero attached hydrogens (tertiary/aromatic N) is 1. The smallest absolute Gasteiger partial charge is 0.247 e. The first-order valence-corrected chi connectivity index (χ1v) is 5.36. The van der Waals surface area contributed by atoms with Crippen molar-refractivity contribution in [3.63, 3.8) is 0 Å². The van der Waals surface area contributed by atoms with Crippen LogP contribution in [0.1, 0.15) is 0 Å². The van der Waals surface area contributed by atoms with Gasteiger partial charge < -0.3 is 0 Å². The maximum Gasteiger partial charge on any atom is 0.247 e. The number of hydrogen-bond acceptors (Lipinski definition) is 3. The highest BCUT2D eigenvalue weighted by Gasteiger charge is 2.27. The molecule has 0 atom stereocenters. The van der Waals surface area contributed by atoms with Crippen LogP contribution < -0.4 is 10.2 Å². The first kappa shape index (κ1) is 11.4. The number of carbonyl (C=O) groups excluding carboxylic acids is 2. The molecular weight excluding hydrogens is 251 g/mol. The van der Waals surface area contributed by atoms with Gasteiger partial charge in [-0.15, -0.1) is 0 Å². The van der Waals surface area contributed by atoms with Gasteiger partial charge in [0, 0.05) is 10.0 Å². The summed E-state index contributed by atoms with van der Waals surface area (Å²) in [5.41, 5.74) is 0.411. The van der Waals surface area contributed by atoms with Crippen molar-refractivity contribution in [3.8, 4) is 0 Å². The monoisotopic (exact) mass is 258 g/mol. The van der Waals surface area contributed by atoms with Crippen LogP contribution in [0.25, 0.3) is 0 Å². The van der Waals surface area contributed by atoms with Gasteiger partial charge in [0.15, 0.2) is 0 Å². The number of piperazine rings is 1. The Bertz CT molecular complexity index is 426. The fraction of sp³-hybridized carbons (Fsp3) is 0.200. The largest absolute Gasteiger partial charge is 0.300 e. The third kappa shape index (κ3) is 2.19. The quantitative estimate of drug-likeness (QED) is 0.776. The van der Waals surface area contributed by atoms with Crippen molar-refractivity contribution < 1.29 is 9.59 Å². The van der Waals surface area contributed by atoms with Gasteiger partial charge in [-0.2, -0.15) is 0 Å². The predicted octanol–water partition coefficient (Wildman–Crippen LogP) is 1.46. The van der Waals surface area contributed by atoms with Crippen molar-refractivity contribution in [1.29, 1.82) is 0 Å². The average Bonchev–Trinajstić information content (AvgIpc) is 2.15. The average molecular weight is 259 g/mol. The van der Waals surface area contributed by atoms with Gasteiger partial charge in [-0.25, -0.2) is 4.90 Å². The molecule has 0 saturated carbocycles. The molecule has 1 fully saturated rings. The van der Waals surface area contributed by atoms with Crippen molar-refractivity contribution >= 4 is 40.7 Å². The van der Waals surface area contributed by atoms with Crippen LogP contribution in [0, 0.1) is 0 Å². The van der Waals surface area contributed by atoms with Gasteiger partial charge in [-0.05, 0) is 18.2 Å². The van der Waals surface area contributed by atoms with Gasteiger partial charge in [-0.3, -0.25) is 14.9 Å². The Labute approximate surface area is 102 Å². The molecule has 1 saturated heterocycles. The summed E-state index contributed by atoms with van der Waals surface area (Å²) in [6.07, 6.45) is 0. The highest BCUT2D eigenvalue weighted by molar-refractivity contribution is 6.35. The molecule has 6 heteroatoms. The van der Waals surface area contributed by atoms with E-state index < -0.39 is 0 Å². The van der Waals surface area contributed by atoms with Crippen LogP contribution in [0.15, 0.2) is 18.2 Å². The number of benzene rings is 1. The second kappa shape index (κ2) is 4.41. The van der Waals surface area contributed by atoms with Crippen LogP contribution in [0.2, 0.25) is 10.0 Å². The summed E-state index contributed by atoms with van der Waals surface area (Å²) in [4.78, 5) is 24.3. The Morgan fingerprint density at radius 1 is 1.00 bits per heavy atom. The predicted molar refractivity (Wildman–Crippen MR) is 61.8 cm³/mol. The van der Waals surface area contributed by atoms with E-state index in [4.69, 9.17) is 23.2 Å². The molecule has 0 radical (unpaired) electrons. The number of imide groups is 1. The van der Waals surface area contributed by atoms with Gasteiger partial charge in [-0.1, -0.05) is 23.2 Å². The zero-order valence-electron chi connectivity index (χ0n) is 8.17. The Morgan fingerprint density at radius 3 is 2.00 bits per heavy atom. The fourth-order valence-electron chi connectivity index (χ4n) is 1.53. The van der Waals surface area contributed by atoms with Crippen LogP contribution in [0.3, 0.4) is 0 Å². The summed E-state index contributed by atoms with van der Waals surface area (Å²) < 4.78 is 0. The maximum atomic E-state index is 11.6. The molecule has 1 heterocycles. The first-order valence-electron chi connectivity index (χ1n) is 4.60. The summed E-state index contributed by atoms with van der Waals surface area (Å²) in [7, 11) is 0. The molecule has 1 aliphatic heterocycles. The minimum atomic E-state index is -0.311. The van der Waals surface area contributed by atoms with E-state index in [1.165, 1.54) is 12.1 Å². The van der Waals surface area contributed by atoms with E-state index in [-0.39, 0.29) is 24.9 Å². The van der Waals surface area contributed by atoms with Crippen molar-refractivity contribution in [1.82, 2.24) is 5.32 Å². The van der Waals surface area contributed by atoms with E-state index in [9.17, 15) is 9.59 Å². The SMILES string of the molecule is O=C1CNCC(=O)N1c1cc(Cl)cc(Cl)c1. The van der Waals surface area contributed by atoms with Crippen LogP contribution in [-0.4, -0.2) is 24.9 Å². The van der Waals surface area contributed by atoms with E-state index in [0.29, 0.717) is 15.7 Å². The molecule has 2 rings (SSSR count). The fourth-order valence-corrected chi connectivity index (χ4v) is 2.04. The van der Waals surface area contributed by atoms with Crippen LogP contribution >= 0.6 is 23.2 Å². The van der Waals surface area contributed by atoms with Crippen molar-refractivity contribution in [2.45, 2.75) is 0 Å². The molecule has 0 bridgehead atoms. The molecule has 0 spiro atoms. The zero-order chi connectivity index (χ0) is 11.7. The van der Waals surface area contributed by atoms with Crippen molar-refractivity contribution in [2.24, 2.45) is 0 Å². The van der Waals surface area contributed by atoms with Gasteiger partial charge >= 0.3 is 0 Å². The molecule has 1 aromatic carbocycles. The molecule has 16 heavy (non-hydrogen) atoms. The third-order valence-electron chi connectivity index (χ3n) is 2.16. The molecule has 1 aliphatic rings. The molecule has 1 N–H and O–H groups in total. The molecular formula is C10H8Cl2N2O2. The molecule has 84 valence electrons. The first-order chi connectivity index (χ1) is 7.58. The number of nitrogens with one attached hydrogen (secondary N) is 1. The number of hydrogen-bond donors (Lipinski definition) is 1. The molecule has 0 aliphatic carbocycles. The molecule has 1 aromatic rings. The Morgan fingerprint density at radius 2 is 1.50 bits per heavy atom. The van der Waals surface area contributed by atoms with Crippen LogP contribution in [0.4, 0.5) is 5.69 Å². The topological polar surface area (TPSA) is 49.4 Å². The molecule has 0 unspecified atom stereocenters. The van der Waals surface area contributed by atoms with E-state index in [0.717, 1.165) is 4.90 Å². The molecule has 0 aromatic heterocycles. The van der Waals surface area contributed by atoms with Crippen molar-refractivity contribution in [2.75, 3.05) is 18.0 Å². The van der Waals surface area contributed by atoms with Crippen molar-refractivity contribution in [3.05, 3.63) is 28.2 Å². The van der Waals surface area contributed by atoms with Gasteiger partial charge in [0.25, 0.3) is 0 Å².